The van der Waals surface area contributed by atoms with E-state index in [1.165, 1.54) is 6.08 Å². The average molecular weight is 285 g/mol. The maximum atomic E-state index is 13.9. The second-order valence-corrected chi connectivity index (χ2v) is 4.44. The highest BCUT2D eigenvalue weighted by atomic mass is 79.9. The van der Waals surface area contributed by atoms with Crippen molar-refractivity contribution in [1.29, 1.82) is 0 Å². The molecular formula is C13H14BrFO. The molecule has 0 aliphatic rings. The molecule has 0 bridgehead atoms. The fourth-order valence-electron chi connectivity index (χ4n) is 1.78. The van der Waals surface area contributed by atoms with Crippen LogP contribution in [0.25, 0.3) is 6.08 Å². The van der Waals surface area contributed by atoms with Crippen molar-refractivity contribution < 1.29 is 9.18 Å². The van der Waals surface area contributed by atoms with Crippen molar-refractivity contribution in [2.75, 3.05) is 0 Å². The zero-order valence-electron chi connectivity index (χ0n) is 9.66. The minimum atomic E-state index is -0.371. The Labute approximate surface area is 103 Å². The van der Waals surface area contributed by atoms with Crippen molar-refractivity contribution in [2.45, 2.75) is 27.2 Å². The maximum Gasteiger partial charge on any atom is 0.163 e. The summed E-state index contributed by atoms with van der Waals surface area (Å²) in [6.07, 6.45) is 1.83. The molecule has 1 nitrogen and oxygen atoms in total. The van der Waals surface area contributed by atoms with Gasteiger partial charge >= 0.3 is 0 Å². The molecule has 0 N–H and O–H groups in total. The van der Waals surface area contributed by atoms with E-state index in [4.69, 9.17) is 0 Å². The van der Waals surface area contributed by atoms with Crippen molar-refractivity contribution in [3.8, 4) is 0 Å². The molecule has 3 heteroatoms. The van der Waals surface area contributed by atoms with Crippen LogP contribution in [0.15, 0.2) is 11.1 Å². The highest BCUT2D eigenvalue weighted by Gasteiger charge is 2.20. The van der Waals surface area contributed by atoms with Gasteiger partial charge in [-0.15, -0.1) is 0 Å². The number of halogens is 2. The SMILES string of the molecule is C=Cc1c(F)c(C)c(C(=O)CC)c(C)c1Br. The first-order chi connectivity index (χ1) is 7.45. The van der Waals surface area contributed by atoms with Gasteiger partial charge in [0.1, 0.15) is 5.82 Å². The van der Waals surface area contributed by atoms with Gasteiger partial charge in [0.25, 0.3) is 0 Å². The third-order valence-corrected chi connectivity index (χ3v) is 3.71. The van der Waals surface area contributed by atoms with E-state index >= 15 is 0 Å². The van der Waals surface area contributed by atoms with Gasteiger partial charge in [0, 0.05) is 22.0 Å². The number of benzene rings is 1. The van der Waals surface area contributed by atoms with Crippen LogP contribution >= 0.6 is 15.9 Å². The molecule has 0 saturated carbocycles. The Balaban J connectivity index is 3.66. The van der Waals surface area contributed by atoms with Crippen LogP contribution in [0, 0.1) is 19.7 Å². The third kappa shape index (κ3) is 1.96. The van der Waals surface area contributed by atoms with E-state index in [1.807, 2.05) is 6.92 Å². The molecule has 16 heavy (non-hydrogen) atoms. The van der Waals surface area contributed by atoms with E-state index in [0.29, 0.717) is 27.6 Å². The molecule has 0 heterocycles. The molecule has 0 unspecified atom stereocenters. The molecular weight excluding hydrogens is 271 g/mol. The van der Waals surface area contributed by atoms with Crippen molar-refractivity contribution in [1.82, 2.24) is 0 Å². The normalized spacial score (nSPS) is 10.3. The van der Waals surface area contributed by atoms with E-state index in [0.717, 1.165) is 5.56 Å². The summed E-state index contributed by atoms with van der Waals surface area (Å²) in [5, 5.41) is 0. The Bertz CT molecular complexity index is 434. The molecule has 0 amide bonds. The molecule has 0 aromatic heterocycles. The van der Waals surface area contributed by atoms with E-state index in [-0.39, 0.29) is 11.6 Å². The van der Waals surface area contributed by atoms with Crippen LogP contribution in [-0.4, -0.2) is 5.78 Å². The van der Waals surface area contributed by atoms with E-state index in [9.17, 15) is 9.18 Å². The van der Waals surface area contributed by atoms with Gasteiger partial charge in [-0.05, 0) is 40.9 Å². The van der Waals surface area contributed by atoms with Gasteiger partial charge < -0.3 is 0 Å². The van der Waals surface area contributed by atoms with Gasteiger partial charge in [0.15, 0.2) is 5.78 Å². The summed E-state index contributed by atoms with van der Waals surface area (Å²) in [6.45, 7) is 8.79. The quantitative estimate of drug-likeness (QED) is 0.750. The summed E-state index contributed by atoms with van der Waals surface area (Å²) in [6, 6.07) is 0. The highest BCUT2D eigenvalue weighted by Crippen LogP contribution is 2.32. The van der Waals surface area contributed by atoms with Crippen LogP contribution in [0.3, 0.4) is 0 Å². The molecule has 0 atom stereocenters. The third-order valence-electron chi connectivity index (χ3n) is 2.69. The first-order valence-electron chi connectivity index (χ1n) is 5.09. The van der Waals surface area contributed by atoms with Gasteiger partial charge in [-0.2, -0.15) is 0 Å². The largest absolute Gasteiger partial charge is 0.294 e. The molecule has 1 aromatic carbocycles. The van der Waals surface area contributed by atoms with E-state index < -0.39 is 0 Å². The number of ketones is 1. The molecule has 0 spiro atoms. The Morgan fingerprint density at radius 1 is 1.44 bits per heavy atom. The molecule has 1 aromatic rings. The molecule has 0 aliphatic heterocycles. The standard InChI is InChI=1S/C13H14BrFO/c1-5-9-12(14)7(3)11(10(16)6-2)8(4)13(9)15/h5H,1,6H2,2-4H3. The molecule has 1 rings (SSSR count). The van der Waals surface area contributed by atoms with Crippen LogP contribution in [0.5, 0.6) is 0 Å². The predicted octanol–water partition coefficient (Wildman–Crippen LogP) is 4.44. The van der Waals surface area contributed by atoms with Crippen LogP contribution in [0.1, 0.15) is 40.4 Å². The van der Waals surface area contributed by atoms with Crippen molar-refractivity contribution in [3.63, 3.8) is 0 Å². The Hall–Kier alpha value is -0.960. The highest BCUT2D eigenvalue weighted by molar-refractivity contribution is 9.10. The summed E-state index contributed by atoms with van der Waals surface area (Å²) in [5.74, 6) is -0.408. The van der Waals surface area contributed by atoms with E-state index in [1.54, 1.807) is 13.8 Å². The first kappa shape index (κ1) is 13.1. The average Bonchev–Trinajstić information content (AvgIpc) is 2.27. The summed E-state index contributed by atoms with van der Waals surface area (Å²) in [7, 11) is 0. The van der Waals surface area contributed by atoms with Crippen LogP contribution < -0.4 is 0 Å². The van der Waals surface area contributed by atoms with Crippen LogP contribution in [0.2, 0.25) is 0 Å². The van der Waals surface area contributed by atoms with Gasteiger partial charge in [0.05, 0.1) is 0 Å². The Kier molecular flexibility index (Phi) is 4.03. The molecule has 86 valence electrons. The topological polar surface area (TPSA) is 17.1 Å². The smallest absolute Gasteiger partial charge is 0.163 e. The van der Waals surface area contributed by atoms with Crippen molar-refractivity contribution in [3.05, 3.63) is 39.1 Å². The summed E-state index contributed by atoms with van der Waals surface area (Å²) >= 11 is 3.31. The second kappa shape index (κ2) is 4.91. The van der Waals surface area contributed by atoms with Gasteiger partial charge in [-0.1, -0.05) is 19.6 Å². The predicted molar refractivity (Wildman–Crippen MR) is 68.3 cm³/mol. The monoisotopic (exact) mass is 284 g/mol. The fourth-order valence-corrected chi connectivity index (χ4v) is 2.31. The number of hydrogen-bond donors (Lipinski definition) is 0. The van der Waals surface area contributed by atoms with Gasteiger partial charge in [0.2, 0.25) is 0 Å². The van der Waals surface area contributed by atoms with Crippen LogP contribution in [0.4, 0.5) is 4.39 Å². The lowest BCUT2D eigenvalue weighted by molar-refractivity contribution is 0.0986. The van der Waals surface area contributed by atoms with Gasteiger partial charge in [-0.25, -0.2) is 4.39 Å². The molecule has 0 aliphatic carbocycles. The molecule has 0 fully saturated rings. The number of carbonyl (C=O) groups excluding carboxylic acids is 1. The summed E-state index contributed by atoms with van der Waals surface area (Å²) in [4.78, 5) is 11.7. The zero-order valence-corrected chi connectivity index (χ0v) is 11.2. The van der Waals surface area contributed by atoms with Crippen LogP contribution in [-0.2, 0) is 0 Å². The fraction of sp³-hybridized carbons (Fsp3) is 0.308. The molecule has 0 radical (unpaired) electrons. The number of Topliss-reactive ketones (excluding diaryl/α,β-unsaturated/α-hetero) is 1. The van der Waals surface area contributed by atoms with Crippen molar-refractivity contribution >= 4 is 27.8 Å². The number of hydrogen-bond acceptors (Lipinski definition) is 1. The summed E-state index contributed by atoms with van der Waals surface area (Å²) in [5.41, 5.74) is 2.09. The lowest BCUT2D eigenvalue weighted by Gasteiger charge is -2.14. The number of rotatable bonds is 3. The second-order valence-electron chi connectivity index (χ2n) is 3.65. The Morgan fingerprint density at radius 2 is 2.00 bits per heavy atom. The minimum absolute atomic E-state index is 0.0368. The van der Waals surface area contributed by atoms with Crippen molar-refractivity contribution in [2.24, 2.45) is 0 Å². The minimum Gasteiger partial charge on any atom is -0.294 e. The lowest BCUT2D eigenvalue weighted by Crippen LogP contribution is -2.07. The summed E-state index contributed by atoms with van der Waals surface area (Å²) < 4.78 is 14.6. The zero-order chi connectivity index (χ0) is 12.5. The lowest BCUT2D eigenvalue weighted by atomic mass is 9.94. The number of carbonyl (C=O) groups is 1. The maximum absolute atomic E-state index is 13.9. The Morgan fingerprint density at radius 3 is 2.44 bits per heavy atom. The van der Waals surface area contributed by atoms with Gasteiger partial charge in [-0.3, -0.25) is 4.79 Å². The molecule has 0 saturated heterocycles. The first-order valence-corrected chi connectivity index (χ1v) is 5.88. The van der Waals surface area contributed by atoms with E-state index in [2.05, 4.69) is 22.5 Å².